The lowest BCUT2D eigenvalue weighted by molar-refractivity contribution is -0.757. The Morgan fingerprint density at radius 2 is 2.17 bits per heavy atom. The third kappa shape index (κ3) is 5.65. The van der Waals surface area contributed by atoms with Crippen LogP contribution in [0.4, 0.5) is 0 Å². The van der Waals surface area contributed by atoms with Crippen LogP contribution in [0.2, 0.25) is 0 Å². The standard InChI is InChI=1S/C15H20N2O6/c1-11(16-15(18)4-2-3-7-23-17(19)20)8-12-5-6-13-14(9-12)22-10-21-13/h5-6,9,11H,2-4,7-8,10H2,1H3,(H,16,18)/t11-/m1/s1. The minimum atomic E-state index is -0.826. The molecule has 1 aliphatic rings. The molecule has 0 saturated heterocycles. The zero-order valence-electron chi connectivity index (χ0n) is 12.9. The molecule has 0 aromatic heterocycles. The van der Waals surface area contributed by atoms with Crippen LogP contribution in [0.25, 0.3) is 0 Å². The summed E-state index contributed by atoms with van der Waals surface area (Å²) in [7, 11) is 0. The number of ether oxygens (including phenoxy) is 2. The number of hydrogen-bond acceptors (Lipinski definition) is 6. The fourth-order valence-electron chi connectivity index (χ4n) is 2.35. The zero-order valence-corrected chi connectivity index (χ0v) is 12.9. The lowest BCUT2D eigenvalue weighted by Gasteiger charge is -2.14. The van der Waals surface area contributed by atoms with Gasteiger partial charge in [-0.25, -0.2) is 0 Å². The molecule has 0 fully saturated rings. The summed E-state index contributed by atoms with van der Waals surface area (Å²) in [6.45, 7) is 2.19. The van der Waals surface area contributed by atoms with Crippen molar-refractivity contribution in [2.24, 2.45) is 0 Å². The average Bonchev–Trinajstić information content (AvgIpc) is 2.93. The Morgan fingerprint density at radius 1 is 1.39 bits per heavy atom. The summed E-state index contributed by atoms with van der Waals surface area (Å²) in [5, 5.41) is 12.1. The summed E-state index contributed by atoms with van der Waals surface area (Å²) in [5.41, 5.74) is 1.06. The lowest BCUT2D eigenvalue weighted by atomic mass is 10.1. The van der Waals surface area contributed by atoms with Gasteiger partial charge < -0.3 is 19.6 Å². The molecule has 8 heteroatoms. The Hall–Kier alpha value is -2.51. The van der Waals surface area contributed by atoms with Crippen molar-refractivity contribution >= 4 is 5.91 Å². The van der Waals surface area contributed by atoms with Crippen LogP contribution in [-0.4, -0.2) is 30.4 Å². The number of amides is 1. The molecule has 0 radical (unpaired) electrons. The number of benzene rings is 1. The molecule has 1 amide bonds. The van der Waals surface area contributed by atoms with Crippen molar-refractivity contribution in [1.29, 1.82) is 0 Å². The SMILES string of the molecule is C[C@H](Cc1ccc2c(c1)OCO2)NC(=O)CCCCO[N+](=O)[O-]. The van der Waals surface area contributed by atoms with Gasteiger partial charge in [-0.3, -0.25) is 4.79 Å². The predicted octanol–water partition coefficient (Wildman–Crippen LogP) is 1.84. The van der Waals surface area contributed by atoms with Crippen molar-refractivity contribution in [3.63, 3.8) is 0 Å². The molecular formula is C15H20N2O6. The largest absolute Gasteiger partial charge is 0.454 e. The lowest BCUT2D eigenvalue weighted by Crippen LogP contribution is -2.33. The molecule has 1 aromatic rings. The maximum Gasteiger partial charge on any atom is 0.294 e. The van der Waals surface area contributed by atoms with Crippen LogP contribution in [0.5, 0.6) is 11.5 Å². The molecule has 0 unspecified atom stereocenters. The van der Waals surface area contributed by atoms with E-state index in [4.69, 9.17) is 9.47 Å². The average molecular weight is 324 g/mol. The number of unbranched alkanes of at least 4 members (excludes halogenated alkanes) is 1. The van der Waals surface area contributed by atoms with Gasteiger partial charge in [-0.2, -0.15) is 0 Å². The van der Waals surface area contributed by atoms with Crippen LogP contribution in [0.1, 0.15) is 31.7 Å². The van der Waals surface area contributed by atoms with Gasteiger partial charge in [-0.05, 0) is 43.9 Å². The topological polar surface area (TPSA) is 99.9 Å². The molecule has 0 bridgehead atoms. The molecule has 1 aromatic carbocycles. The van der Waals surface area contributed by atoms with Crippen molar-refractivity contribution in [2.45, 2.75) is 38.6 Å². The Kier molecular flexibility index (Phi) is 6.02. The number of hydrogen-bond donors (Lipinski definition) is 1. The molecule has 0 spiro atoms. The Bertz CT molecular complexity index is 563. The second kappa shape index (κ2) is 8.21. The summed E-state index contributed by atoms with van der Waals surface area (Å²) in [5.74, 6) is 1.40. The van der Waals surface area contributed by atoms with Crippen molar-refractivity contribution in [3.8, 4) is 11.5 Å². The van der Waals surface area contributed by atoms with E-state index >= 15 is 0 Å². The number of nitrogens with one attached hydrogen (secondary N) is 1. The molecule has 1 aliphatic heterocycles. The highest BCUT2D eigenvalue weighted by Gasteiger charge is 2.15. The van der Waals surface area contributed by atoms with Gasteiger partial charge in [0.15, 0.2) is 11.5 Å². The van der Waals surface area contributed by atoms with Gasteiger partial charge in [-0.15, -0.1) is 10.1 Å². The Balaban J connectivity index is 1.66. The number of fused-ring (bicyclic) bond motifs is 1. The van der Waals surface area contributed by atoms with E-state index in [2.05, 4.69) is 10.2 Å². The highest BCUT2D eigenvalue weighted by molar-refractivity contribution is 5.76. The molecule has 0 saturated carbocycles. The smallest absolute Gasteiger partial charge is 0.294 e. The van der Waals surface area contributed by atoms with Crippen LogP contribution >= 0.6 is 0 Å². The number of nitrogens with zero attached hydrogens (tertiary/aromatic N) is 1. The Labute approximate surface area is 133 Å². The van der Waals surface area contributed by atoms with Gasteiger partial charge >= 0.3 is 0 Å². The van der Waals surface area contributed by atoms with Gasteiger partial charge in [0, 0.05) is 12.5 Å². The predicted molar refractivity (Wildman–Crippen MR) is 80.7 cm³/mol. The first-order valence-corrected chi connectivity index (χ1v) is 7.50. The van der Waals surface area contributed by atoms with Crippen molar-refractivity contribution in [2.75, 3.05) is 13.4 Å². The van der Waals surface area contributed by atoms with Crippen LogP contribution < -0.4 is 14.8 Å². The van der Waals surface area contributed by atoms with Gasteiger partial charge in [0.25, 0.3) is 5.09 Å². The van der Waals surface area contributed by atoms with E-state index in [1.165, 1.54) is 0 Å². The van der Waals surface area contributed by atoms with Crippen molar-refractivity contribution < 1.29 is 24.2 Å². The summed E-state index contributed by atoms with van der Waals surface area (Å²) in [6.07, 6.45) is 2.04. The van der Waals surface area contributed by atoms with E-state index in [9.17, 15) is 14.9 Å². The second-order valence-electron chi connectivity index (χ2n) is 5.37. The van der Waals surface area contributed by atoms with Crippen LogP contribution in [0.3, 0.4) is 0 Å². The number of carbonyl (C=O) groups excluding carboxylic acids is 1. The fourth-order valence-corrected chi connectivity index (χ4v) is 2.35. The first kappa shape index (κ1) is 16.9. The molecule has 126 valence electrons. The van der Waals surface area contributed by atoms with E-state index < -0.39 is 5.09 Å². The second-order valence-corrected chi connectivity index (χ2v) is 5.37. The fraction of sp³-hybridized carbons (Fsp3) is 0.533. The third-order valence-corrected chi connectivity index (χ3v) is 3.38. The van der Waals surface area contributed by atoms with Crippen molar-refractivity contribution in [1.82, 2.24) is 5.32 Å². The normalized spacial score (nSPS) is 13.4. The molecule has 1 atom stereocenters. The molecule has 2 rings (SSSR count). The van der Waals surface area contributed by atoms with Crippen molar-refractivity contribution in [3.05, 3.63) is 33.9 Å². The summed E-state index contributed by atoms with van der Waals surface area (Å²) in [6, 6.07) is 5.71. The summed E-state index contributed by atoms with van der Waals surface area (Å²) in [4.78, 5) is 26.0. The minimum Gasteiger partial charge on any atom is -0.454 e. The van der Waals surface area contributed by atoms with Crippen LogP contribution in [-0.2, 0) is 16.1 Å². The molecule has 23 heavy (non-hydrogen) atoms. The molecule has 8 nitrogen and oxygen atoms in total. The molecule has 1 heterocycles. The number of carbonyl (C=O) groups is 1. The van der Waals surface area contributed by atoms with Crippen LogP contribution in [0, 0.1) is 10.1 Å². The monoisotopic (exact) mass is 324 g/mol. The van der Waals surface area contributed by atoms with Gasteiger partial charge in [0.1, 0.15) is 0 Å². The highest BCUT2D eigenvalue weighted by Crippen LogP contribution is 2.32. The number of rotatable bonds is 9. The van der Waals surface area contributed by atoms with Gasteiger partial charge in [0.05, 0.1) is 6.61 Å². The zero-order chi connectivity index (χ0) is 16.7. The maximum atomic E-state index is 11.8. The highest BCUT2D eigenvalue weighted by atomic mass is 16.9. The van der Waals surface area contributed by atoms with E-state index in [-0.39, 0.29) is 25.3 Å². The first-order chi connectivity index (χ1) is 11.0. The molecular weight excluding hydrogens is 304 g/mol. The third-order valence-electron chi connectivity index (χ3n) is 3.38. The van der Waals surface area contributed by atoms with E-state index in [0.29, 0.717) is 25.7 Å². The van der Waals surface area contributed by atoms with Crippen LogP contribution in [0.15, 0.2) is 18.2 Å². The summed E-state index contributed by atoms with van der Waals surface area (Å²) >= 11 is 0. The first-order valence-electron chi connectivity index (χ1n) is 7.50. The quantitative estimate of drug-likeness (QED) is 0.423. The van der Waals surface area contributed by atoms with Gasteiger partial charge in [-0.1, -0.05) is 6.07 Å². The summed E-state index contributed by atoms with van der Waals surface area (Å²) < 4.78 is 10.6. The van der Waals surface area contributed by atoms with E-state index in [1.54, 1.807) is 0 Å². The molecule has 1 N–H and O–H groups in total. The molecule has 0 aliphatic carbocycles. The minimum absolute atomic E-state index is 0.0158. The Morgan fingerprint density at radius 3 is 2.96 bits per heavy atom. The van der Waals surface area contributed by atoms with E-state index in [0.717, 1.165) is 17.1 Å². The maximum absolute atomic E-state index is 11.8. The van der Waals surface area contributed by atoms with Gasteiger partial charge in [0.2, 0.25) is 12.7 Å². The van der Waals surface area contributed by atoms with E-state index in [1.807, 2.05) is 25.1 Å².